The summed E-state index contributed by atoms with van der Waals surface area (Å²) in [5.74, 6) is 0.750. The highest BCUT2D eigenvalue weighted by Gasteiger charge is 2.31. The monoisotopic (exact) mass is 416 g/mol. The fraction of sp³-hybridized carbons (Fsp3) is 0.429. The van der Waals surface area contributed by atoms with E-state index in [1.165, 1.54) is 0 Å². The lowest BCUT2D eigenvalue weighted by molar-refractivity contribution is -0.0379. The molecule has 0 N–H and O–H groups in total. The van der Waals surface area contributed by atoms with Gasteiger partial charge in [0.1, 0.15) is 4.83 Å². The number of thioether (sulfide) groups is 1. The van der Waals surface area contributed by atoms with E-state index in [0.29, 0.717) is 25.0 Å². The molecule has 148 valence electrons. The first-order valence-corrected chi connectivity index (χ1v) is 11.3. The van der Waals surface area contributed by atoms with Crippen molar-refractivity contribution in [3.8, 4) is 5.69 Å². The summed E-state index contributed by atoms with van der Waals surface area (Å²) in [5, 5.41) is 1.46. The van der Waals surface area contributed by atoms with Gasteiger partial charge in [0.15, 0.2) is 5.16 Å². The van der Waals surface area contributed by atoms with Crippen LogP contribution in [-0.4, -0.2) is 34.1 Å². The molecule has 4 rings (SSSR count). The van der Waals surface area contributed by atoms with Gasteiger partial charge in [0.05, 0.1) is 29.9 Å². The van der Waals surface area contributed by atoms with E-state index < -0.39 is 0 Å². The number of nitrogens with zero attached hydrogens (tertiary/aromatic N) is 2. The summed E-state index contributed by atoms with van der Waals surface area (Å²) < 4.78 is 13.2. The highest BCUT2D eigenvalue weighted by atomic mass is 32.2. The number of aromatic nitrogens is 2. The van der Waals surface area contributed by atoms with Crippen molar-refractivity contribution < 1.29 is 9.47 Å². The van der Waals surface area contributed by atoms with Crippen molar-refractivity contribution in [2.24, 2.45) is 0 Å². The Balaban J connectivity index is 1.87. The van der Waals surface area contributed by atoms with Gasteiger partial charge in [-0.2, -0.15) is 0 Å². The Hall–Kier alpha value is -1.67. The minimum atomic E-state index is -0.268. The molecule has 5 nitrogen and oxygen atoms in total. The zero-order valence-corrected chi connectivity index (χ0v) is 18.0. The standard InChI is InChI=1S/C21H24N2O3S2/c1-4-25-10-11-27-20-22-18-17(15-12-21(2,3)26-13-16(15)28-18)19(24)23(20)14-8-6-5-7-9-14/h5-9H,4,10-13H2,1-3H3. The molecule has 0 aliphatic carbocycles. The molecule has 1 aromatic carbocycles. The summed E-state index contributed by atoms with van der Waals surface area (Å²) in [6.07, 6.45) is 0.727. The molecule has 7 heteroatoms. The number of hydrogen-bond acceptors (Lipinski definition) is 6. The second-order valence-corrected chi connectivity index (χ2v) is 9.47. The van der Waals surface area contributed by atoms with Crippen LogP contribution < -0.4 is 5.56 Å². The van der Waals surface area contributed by atoms with Crippen LogP contribution in [0.4, 0.5) is 0 Å². The smallest absolute Gasteiger partial charge is 0.267 e. The molecule has 0 bridgehead atoms. The quantitative estimate of drug-likeness (QED) is 0.338. The number of para-hydroxylation sites is 1. The molecule has 0 radical (unpaired) electrons. The van der Waals surface area contributed by atoms with Gasteiger partial charge in [-0.1, -0.05) is 30.0 Å². The Morgan fingerprint density at radius 1 is 1.32 bits per heavy atom. The van der Waals surface area contributed by atoms with E-state index in [2.05, 4.69) is 13.8 Å². The van der Waals surface area contributed by atoms with Gasteiger partial charge in [-0.25, -0.2) is 4.98 Å². The normalized spacial score (nSPS) is 15.7. The minimum absolute atomic E-state index is 0.00492. The van der Waals surface area contributed by atoms with Crippen LogP contribution in [0, 0.1) is 0 Å². The van der Waals surface area contributed by atoms with Gasteiger partial charge in [0, 0.05) is 23.7 Å². The fourth-order valence-corrected chi connectivity index (χ4v) is 5.42. The van der Waals surface area contributed by atoms with Crippen LogP contribution in [0.2, 0.25) is 0 Å². The fourth-order valence-electron chi connectivity index (χ4n) is 3.41. The average molecular weight is 417 g/mol. The SMILES string of the molecule is CCOCCSc1nc2sc3c(c2c(=O)n1-c1ccccc1)CC(C)(C)OC3. The van der Waals surface area contributed by atoms with Crippen molar-refractivity contribution in [3.63, 3.8) is 0 Å². The summed E-state index contributed by atoms with van der Waals surface area (Å²) >= 11 is 3.14. The van der Waals surface area contributed by atoms with E-state index in [1.54, 1.807) is 27.7 Å². The predicted octanol–water partition coefficient (Wildman–Crippen LogP) is 4.43. The number of rotatable bonds is 6. The van der Waals surface area contributed by atoms with Gasteiger partial charge in [0.2, 0.25) is 0 Å². The van der Waals surface area contributed by atoms with Crippen LogP contribution in [-0.2, 0) is 22.5 Å². The average Bonchev–Trinajstić information content (AvgIpc) is 3.02. The third-order valence-corrected chi connectivity index (χ3v) is 6.75. The van der Waals surface area contributed by atoms with E-state index in [1.807, 2.05) is 37.3 Å². The molecule has 0 fully saturated rings. The molecule has 0 unspecified atom stereocenters. The van der Waals surface area contributed by atoms with Crippen molar-refractivity contribution in [1.82, 2.24) is 9.55 Å². The Kier molecular flexibility index (Phi) is 5.60. The molecule has 0 spiro atoms. The topological polar surface area (TPSA) is 53.3 Å². The molecule has 0 saturated carbocycles. The summed E-state index contributed by atoms with van der Waals surface area (Å²) in [7, 11) is 0. The maximum atomic E-state index is 13.6. The minimum Gasteiger partial charge on any atom is -0.381 e. The van der Waals surface area contributed by atoms with Crippen molar-refractivity contribution >= 4 is 33.3 Å². The second kappa shape index (κ2) is 7.99. The van der Waals surface area contributed by atoms with Crippen molar-refractivity contribution in [2.75, 3.05) is 19.0 Å². The first-order valence-electron chi connectivity index (χ1n) is 9.47. The molecule has 2 aromatic heterocycles. The predicted molar refractivity (Wildman–Crippen MR) is 115 cm³/mol. The largest absolute Gasteiger partial charge is 0.381 e. The van der Waals surface area contributed by atoms with Gasteiger partial charge in [-0.05, 0) is 38.5 Å². The molecule has 1 aliphatic heterocycles. The van der Waals surface area contributed by atoms with Crippen LogP contribution in [0.3, 0.4) is 0 Å². The molecule has 3 heterocycles. The van der Waals surface area contributed by atoms with Crippen LogP contribution in [0.5, 0.6) is 0 Å². The third-order valence-electron chi connectivity index (χ3n) is 4.75. The van der Waals surface area contributed by atoms with Crippen LogP contribution >= 0.6 is 23.1 Å². The summed E-state index contributed by atoms with van der Waals surface area (Å²) in [5.41, 5.74) is 1.68. The molecule has 0 amide bonds. The molecule has 0 atom stereocenters. The lowest BCUT2D eigenvalue weighted by Crippen LogP contribution is -2.32. The van der Waals surface area contributed by atoms with Gasteiger partial charge in [-0.3, -0.25) is 9.36 Å². The van der Waals surface area contributed by atoms with E-state index in [9.17, 15) is 4.79 Å². The van der Waals surface area contributed by atoms with Gasteiger partial charge in [0.25, 0.3) is 5.56 Å². The van der Waals surface area contributed by atoms with Crippen LogP contribution in [0.15, 0.2) is 40.3 Å². The van der Waals surface area contributed by atoms with E-state index in [0.717, 1.165) is 38.5 Å². The second-order valence-electron chi connectivity index (χ2n) is 7.32. The van der Waals surface area contributed by atoms with E-state index in [4.69, 9.17) is 14.5 Å². The summed E-state index contributed by atoms with van der Waals surface area (Å²) in [4.78, 5) is 20.5. The lowest BCUT2D eigenvalue weighted by atomic mass is 9.94. The van der Waals surface area contributed by atoms with Crippen molar-refractivity contribution in [3.05, 3.63) is 51.1 Å². The molecule has 3 aromatic rings. The zero-order valence-electron chi connectivity index (χ0n) is 16.4. The maximum Gasteiger partial charge on any atom is 0.267 e. The van der Waals surface area contributed by atoms with Crippen molar-refractivity contribution in [1.29, 1.82) is 0 Å². The Morgan fingerprint density at radius 2 is 2.11 bits per heavy atom. The summed E-state index contributed by atoms with van der Waals surface area (Å²) in [6.45, 7) is 7.98. The first-order chi connectivity index (χ1) is 13.5. The van der Waals surface area contributed by atoms with E-state index >= 15 is 0 Å². The number of thiophene rings is 1. The Bertz CT molecular complexity index is 1040. The van der Waals surface area contributed by atoms with Crippen LogP contribution in [0.25, 0.3) is 15.9 Å². The van der Waals surface area contributed by atoms with Gasteiger partial charge in [-0.15, -0.1) is 11.3 Å². The third kappa shape index (κ3) is 3.76. The molecule has 0 saturated heterocycles. The lowest BCUT2D eigenvalue weighted by Gasteiger charge is -2.29. The summed E-state index contributed by atoms with van der Waals surface area (Å²) in [6, 6.07) is 9.75. The first kappa shape index (κ1) is 19.6. The molecular weight excluding hydrogens is 392 g/mol. The van der Waals surface area contributed by atoms with E-state index in [-0.39, 0.29) is 11.2 Å². The Labute approximate surface area is 172 Å². The molecule has 1 aliphatic rings. The van der Waals surface area contributed by atoms with Gasteiger partial charge >= 0.3 is 0 Å². The van der Waals surface area contributed by atoms with Crippen molar-refractivity contribution in [2.45, 2.75) is 44.6 Å². The maximum absolute atomic E-state index is 13.6. The highest BCUT2D eigenvalue weighted by molar-refractivity contribution is 7.99. The molecular formula is C21H24N2O3S2. The van der Waals surface area contributed by atoms with Crippen LogP contribution in [0.1, 0.15) is 31.2 Å². The zero-order chi connectivity index (χ0) is 19.7. The Morgan fingerprint density at radius 3 is 2.86 bits per heavy atom. The highest BCUT2D eigenvalue weighted by Crippen LogP contribution is 2.37. The van der Waals surface area contributed by atoms with Gasteiger partial charge < -0.3 is 9.47 Å². The number of fused-ring (bicyclic) bond motifs is 3. The number of ether oxygens (including phenoxy) is 2. The number of hydrogen-bond donors (Lipinski definition) is 0. The molecule has 28 heavy (non-hydrogen) atoms. The number of benzene rings is 1.